The zero-order chi connectivity index (χ0) is 21.3. The van der Waals surface area contributed by atoms with Gasteiger partial charge in [-0.3, -0.25) is 9.36 Å². The minimum atomic E-state index is -0.105. The number of hydrogen-bond acceptors (Lipinski definition) is 6. The quantitative estimate of drug-likeness (QED) is 0.271. The van der Waals surface area contributed by atoms with Gasteiger partial charge in [0.25, 0.3) is 5.56 Å². The third-order valence-electron chi connectivity index (χ3n) is 4.31. The number of nitrogens with zero attached hydrogens (tertiary/aromatic N) is 4. The standard InChI is InChI=1S/C21H18Cl2N4O2S/c1-12(2)10-27-20(28)16-9-15(23)7-8-17(16)24-21(27)30-11-18-25-26-19(29-18)13-3-5-14(22)6-4-13/h3-9,12H,10-11H2,1-2H3. The van der Waals surface area contributed by atoms with E-state index in [1.54, 1.807) is 34.9 Å². The normalized spacial score (nSPS) is 11.5. The molecular formula is C21H18Cl2N4O2S. The van der Waals surface area contributed by atoms with E-state index in [1.807, 2.05) is 12.1 Å². The molecule has 2 aromatic heterocycles. The van der Waals surface area contributed by atoms with Gasteiger partial charge in [-0.2, -0.15) is 0 Å². The number of fused-ring (bicyclic) bond motifs is 1. The highest BCUT2D eigenvalue weighted by Gasteiger charge is 2.15. The molecule has 0 unspecified atom stereocenters. The molecule has 4 aromatic rings. The van der Waals surface area contributed by atoms with Crippen molar-refractivity contribution in [3.63, 3.8) is 0 Å². The van der Waals surface area contributed by atoms with Crippen molar-refractivity contribution in [1.29, 1.82) is 0 Å². The predicted octanol–water partition coefficient (Wildman–Crippen LogP) is 5.70. The second-order valence-electron chi connectivity index (χ2n) is 7.16. The lowest BCUT2D eigenvalue weighted by Crippen LogP contribution is -2.25. The first-order chi connectivity index (χ1) is 14.4. The molecule has 30 heavy (non-hydrogen) atoms. The summed E-state index contributed by atoms with van der Waals surface area (Å²) in [4.78, 5) is 17.7. The van der Waals surface area contributed by atoms with Gasteiger partial charge in [-0.25, -0.2) is 4.98 Å². The highest BCUT2D eigenvalue weighted by molar-refractivity contribution is 7.98. The molecule has 0 spiro atoms. The van der Waals surface area contributed by atoms with E-state index in [1.165, 1.54) is 11.8 Å². The molecule has 2 aromatic carbocycles. The van der Waals surface area contributed by atoms with Crippen LogP contribution in [0.2, 0.25) is 10.0 Å². The number of hydrogen-bond donors (Lipinski definition) is 0. The van der Waals surface area contributed by atoms with Crippen LogP contribution in [0, 0.1) is 5.92 Å². The van der Waals surface area contributed by atoms with Crippen molar-refractivity contribution >= 4 is 45.9 Å². The van der Waals surface area contributed by atoms with Crippen LogP contribution in [0.1, 0.15) is 19.7 Å². The highest BCUT2D eigenvalue weighted by Crippen LogP contribution is 2.26. The van der Waals surface area contributed by atoms with E-state index < -0.39 is 0 Å². The first-order valence-electron chi connectivity index (χ1n) is 9.32. The molecule has 0 fully saturated rings. The number of halogens is 2. The second kappa shape index (κ2) is 8.79. The van der Waals surface area contributed by atoms with Gasteiger partial charge in [0.1, 0.15) is 0 Å². The summed E-state index contributed by atoms with van der Waals surface area (Å²) in [6.45, 7) is 4.66. The van der Waals surface area contributed by atoms with Crippen LogP contribution in [0.4, 0.5) is 0 Å². The van der Waals surface area contributed by atoms with Gasteiger partial charge in [0.2, 0.25) is 11.8 Å². The number of thioether (sulfide) groups is 1. The number of benzene rings is 2. The molecule has 2 heterocycles. The van der Waals surface area contributed by atoms with Gasteiger partial charge in [0.05, 0.1) is 16.7 Å². The molecule has 9 heteroatoms. The van der Waals surface area contributed by atoms with Crippen molar-refractivity contribution in [1.82, 2.24) is 19.7 Å². The lowest BCUT2D eigenvalue weighted by Gasteiger charge is -2.14. The van der Waals surface area contributed by atoms with Crippen molar-refractivity contribution in [3.8, 4) is 11.5 Å². The molecule has 0 radical (unpaired) electrons. The summed E-state index contributed by atoms with van der Waals surface area (Å²) in [6, 6.07) is 12.3. The molecule has 6 nitrogen and oxygen atoms in total. The summed E-state index contributed by atoms with van der Waals surface area (Å²) >= 11 is 13.4. The van der Waals surface area contributed by atoms with Gasteiger partial charge in [-0.15, -0.1) is 10.2 Å². The fourth-order valence-electron chi connectivity index (χ4n) is 2.96. The zero-order valence-corrected chi connectivity index (χ0v) is 18.6. The Bertz CT molecular complexity index is 1250. The molecule has 0 amide bonds. The fourth-order valence-corrected chi connectivity index (χ4v) is 4.10. The van der Waals surface area contributed by atoms with Crippen molar-refractivity contribution in [2.24, 2.45) is 5.92 Å². The van der Waals surface area contributed by atoms with Gasteiger partial charge < -0.3 is 4.42 Å². The molecule has 0 atom stereocenters. The van der Waals surface area contributed by atoms with Crippen molar-refractivity contribution < 1.29 is 4.42 Å². The Balaban J connectivity index is 1.62. The van der Waals surface area contributed by atoms with E-state index in [0.717, 1.165) is 5.56 Å². The maximum atomic E-state index is 13.1. The Morgan fingerprint density at radius 3 is 2.53 bits per heavy atom. The lowest BCUT2D eigenvalue weighted by atomic mass is 10.2. The monoisotopic (exact) mass is 460 g/mol. The summed E-state index contributed by atoms with van der Waals surface area (Å²) < 4.78 is 7.45. The van der Waals surface area contributed by atoms with Crippen LogP contribution >= 0.6 is 35.0 Å². The summed E-state index contributed by atoms with van der Waals surface area (Å²) in [6.07, 6.45) is 0. The van der Waals surface area contributed by atoms with Crippen molar-refractivity contribution in [2.75, 3.05) is 0 Å². The Morgan fingerprint density at radius 1 is 1.07 bits per heavy atom. The average molecular weight is 461 g/mol. The molecule has 0 bridgehead atoms. The smallest absolute Gasteiger partial charge is 0.262 e. The van der Waals surface area contributed by atoms with E-state index >= 15 is 0 Å². The second-order valence-corrected chi connectivity index (χ2v) is 8.98. The third kappa shape index (κ3) is 4.53. The summed E-state index contributed by atoms with van der Waals surface area (Å²) in [5.41, 5.74) is 1.30. The van der Waals surface area contributed by atoms with Crippen LogP contribution < -0.4 is 5.56 Å². The Morgan fingerprint density at radius 2 is 1.80 bits per heavy atom. The van der Waals surface area contributed by atoms with E-state index in [-0.39, 0.29) is 11.5 Å². The van der Waals surface area contributed by atoms with Crippen LogP contribution in [0.5, 0.6) is 0 Å². The molecule has 0 saturated heterocycles. The van der Waals surface area contributed by atoms with E-state index in [4.69, 9.17) is 27.6 Å². The van der Waals surface area contributed by atoms with Gasteiger partial charge in [0, 0.05) is 22.2 Å². The van der Waals surface area contributed by atoms with E-state index in [9.17, 15) is 4.79 Å². The fraction of sp³-hybridized carbons (Fsp3) is 0.238. The van der Waals surface area contributed by atoms with E-state index in [2.05, 4.69) is 29.0 Å². The maximum Gasteiger partial charge on any atom is 0.262 e. The molecule has 0 N–H and O–H groups in total. The minimum Gasteiger partial charge on any atom is -0.420 e. The molecular weight excluding hydrogens is 443 g/mol. The Kier molecular flexibility index (Phi) is 6.13. The van der Waals surface area contributed by atoms with Gasteiger partial charge >= 0.3 is 0 Å². The molecule has 0 aliphatic rings. The summed E-state index contributed by atoms with van der Waals surface area (Å²) in [7, 11) is 0. The van der Waals surface area contributed by atoms with Crippen molar-refractivity contribution in [3.05, 3.63) is 68.8 Å². The van der Waals surface area contributed by atoms with Crippen LogP contribution in [0.25, 0.3) is 22.4 Å². The van der Waals surface area contributed by atoms with Gasteiger partial charge in [0.15, 0.2) is 5.16 Å². The molecule has 0 aliphatic heterocycles. The Hall–Kier alpha value is -2.35. The Labute approximate surface area is 187 Å². The lowest BCUT2D eigenvalue weighted by molar-refractivity contribution is 0.474. The van der Waals surface area contributed by atoms with Gasteiger partial charge in [-0.05, 0) is 48.4 Å². The van der Waals surface area contributed by atoms with Crippen molar-refractivity contribution in [2.45, 2.75) is 31.3 Å². The molecule has 4 rings (SSSR count). The van der Waals surface area contributed by atoms with Crippen LogP contribution in [0.15, 0.2) is 56.8 Å². The highest BCUT2D eigenvalue weighted by atomic mass is 35.5. The third-order valence-corrected chi connectivity index (χ3v) is 5.76. The van der Waals surface area contributed by atoms with Crippen LogP contribution in [0.3, 0.4) is 0 Å². The zero-order valence-electron chi connectivity index (χ0n) is 16.3. The largest absolute Gasteiger partial charge is 0.420 e. The van der Waals surface area contributed by atoms with Crippen LogP contribution in [-0.4, -0.2) is 19.7 Å². The number of rotatable bonds is 6. The minimum absolute atomic E-state index is 0.105. The SMILES string of the molecule is CC(C)Cn1c(SCc2nnc(-c3ccc(Cl)cc3)o2)nc2ccc(Cl)cc2c1=O. The summed E-state index contributed by atoms with van der Waals surface area (Å²) in [5.74, 6) is 1.54. The van der Waals surface area contributed by atoms with E-state index in [0.29, 0.717) is 50.2 Å². The first-order valence-corrected chi connectivity index (χ1v) is 11.1. The molecule has 0 aliphatic carbocycles. The average Bonchev–Trinajstić information content (AvgIpc) is 3.18. The predicted molar refractivity (Wildman–Crippen MR) is 120 cm³/mol. The molecule has 154 valence electrons. The molecule has 0 saturated carbocycles. The van der Waals surface area contributed by atoms with Gasteiger partial charge in [-0.1, -0.05) is 48.8 Å². The topological polar surface area (TPSA) is 73.8 Å². The number of aromatic nitrogens is 4. The maximum absolute atomic E-state index is 13.1. The first kappa shape index (κ1) is 20.9. The van der Waals surface area contributed by atoms with Crippen LogP contribution in [-0.2, 0) is 12.3 Å². The summed E-state index contributed by atoms with van der Waals surface area (Å²) in [5, 5.41) is 10.5.